The highest BCUT2D eigenvalue weighted by Crippen LogP contribution is 2.37. The average molecular weight is 200 g/mol. The van der Waals surface area contributed by atoms with Crippen LogP contribution < -0.4 is 0 Å². The van der Waals surface area contributed by atoms with Crippen LogP contribution in [-0.2, 0) is 4.79 Å². The molecular formula is C12H24O2. The number of carboxylic acids is 1. The molecule has 2 heteroatoms. The fraction of sp³-hybridized carbons (Fsp3) is 0.917. The predicted octanol–water partition coefficient (Wildman–Crippen LogP) is 3.56. The standard InChI is InChI=1S/C12H24O2/c1-6-7-8-12(5,11(13)14)10(4)9(2)3/h9-10H,6-8H2,1-5H3,(H,13,14). The molecule has 0 aromatic carbocycles. The molecule has 0 bridgehead atoms. The van der Waals surface area contributed by atoms with Crippen LogP contribution in [0.5, 0.6) is 0 Å². The van der Waals surface area contributed by atoms with E-state index in [0.717, 1.165) is 19.3 Å². The van der Waals surface area contributed by atoms with Gasteiger partial charge < -0.3 is 5.11 Å². The maximum absolute atomic E-state index is 11.3. The van der Waals surface area contributed by atoms with E-state index in [2.05, 4.69) is 27.7 Å². The Bertz CT molecular complexity index is 187. The Hall–Kier alpha value is -0.530. The first-order chi connectivity index (χ1) is 6.36. The lowest BCUT2D eigenvalue weighted by atomic mass is 9.70. The van der Waals surface area contributed by atoms with Gasteiger partial charge in [-0.15, -0.1) is 0 Å². The SMILES string of the molecule is CCCCC(C)(C(=O)O)C(C)C(C)C. The molecule has 0 fully saturated rings. The quantitative estimate of drug-likeness (QED) is 0.711. The van der Waals surface area contributed by atoms with E-state index in [1.54, 1.807) is 0 Å². The molecule has 1 N–H and O–H groups in total. The lowest BCUT2D eigenvalue weighted by molar-refractivity contribution is -0.152. The van der Waals surface area contributed by atoms with Crippen molar-refractivity contribution in [3.8, 4) is 0 Å². The van der Waals surface area contributed by atoms with E-state index in [1.165, 1.54) is 0 Å². The minimum absolute atomic E-state index is 0.228. The third-order valence-electron chi connectivity index (χ3n) is 3.54. The van der Waals surface area contributed by atoms with Crippen LogP contribution in [0.3, 0.4) is 0 Å². The van der Waals surface area contributed by atoms with Gasteiger partial charge in [0.15, 0.2) is 0 Å². The highest BCUT2D eigenvalue weighted by atomic mass is 16.4. The first kappa shape index (κ1) is 13.5. The maximum Gasteiger partial charge on any atom is 0.309 e. The molecule has 0 aliphatic heterocycles. The molecule has 0 rings (SSSR count). The summed E-state index contributed by atoms with van der Waals surface area (Å²) in [5.74, 6) is 0.00616. The number of aliphatic carboxylic acids is 1. The van der Waals surface area contributed by atoms with Gasteiger partial charge in [0.1, 0.15) is 0 Å². The number of unbranched alkanes of at least 4 members (excludes halogenated alkanes) is 1. The van der Waals surface area contributed by atoms with Gasteiger partial charge in [-0.1, -0.05) is 40.5 Å². The van der Waals surface area contributed by atoms with Gasteiger partial charge in [-0.2, -0.15) is 0 Å². The average Bonchev–Trinajstić information content (AvgIpc) is 2.12. The van der Waals surface area contributed by atoms with Crippen molar-refractivity contribution in [2.45, 2.75) is 53.9 Å². The molecule has 0 aromatic rings. The maximum atomic E-state index is 11.3. The van der Waals surface area contributed by atoms with Crippen LogP contribution in [0.2, 0.25) is 0 Å². The summed E-state index contributed by atoms with van der Waals surface area (Å²) in [6, 6.07) is 0. The minimum Gasteiger partial charge on any atom is -0.481 e. The minimum atomic E-state index is -0.646. The van der Waals surface area contributed by atoms with Gasteiger partial charge in [0.05, 0.1) is 5.41 Å². The molecule has 84 valence electrons. The molecule has 0 heterocycles. The summed E-state index contributed by atoms with van der Waals surface area (Å²) < 4.78 is 0. The Balaban J connectivity index is 4.62. The van der Waals surface area contributed by atoms with Crippen LogP contribution in [0.1, 0.15) is 53.9 Å². The van der Waals surface area contributed by atoms with E-state index in [0.29, 0.717) is 5.92 Å². The van der Waals surface area contributed by atoms with Crippen LogP contribution >= 0.6 is 0 Å². The van der Waals surface area contributed by atoms with E-state index < -0.39 is 11.4 Å². The van der Waals surface area contributed by atoms with E-state index in [4.69, 9.17) is 0 Å². The number of rotatable bonds is 6. The topological polar surface area (TPSA) is 37.3 Å². The Morgan fingerprint density at radius 1 is 1.36 bits per heavy atom. The van der Waals surface area contributed by atoms with Gasteiger partial charge in [0.25, 0.3) is 0 Å². The largest absolute Gasteiger partial charge is 0.481 e. The summed E-state index contributed by atoms with van der Waals surface area (Å²) >= 11 is 0. The molecule has 0 aromatic heterocycles. The van der Waals surface area contributed by atoms with E-state index in [-0.39, 0.29) is 5.92 Å². The zero-order valence-corrected chi connectivity index (χ0v) is 10.1. The molecule has 2 atom stereocenters. The van der Waals surface area contributed by atoms with E-state index in [1.807, 2.05) is 6.92 Å². The summed E-state index contributed by atoms with van der Waals surface area (Å²) in [5.41, 5.74) is -0.551. The molecule has 0 saturated heterocycles. The molecule has 0 radical (unpaired) electrons. The van der Waals surface area contributed by atoms with Crippen LogP contribution in [0.4, 0.5) is 0 Å². The number of carbonyl (C=O) groups is 1. The van der Waals surface area contributed by atoms with Gasteiger partial charge in [0.2, 0.25) is 0 Å². The summed E-state index contributed by atoms with van der Waals surface area (Å²) in [6.45, 7) is 10.2. The van der Waals surface area contributed by atoms with Crippen LogP contribution in [0.15, 0.2) is 0 Å². The Morgan fingerprint density at radius 2 is 1.86 bits per heavy atom. The fourth-order valence-corrected chi connectivity index (χ4v) is 1.81. The molecule has 0 amide bonds. The predicted molar refractivity (Wildman–Crippen MR) is 59.3 cm³/mol. The Kier molecular flexibility index (Phi) is 5.17. The second-order valence-electron chi connectivity index (χ2n) is 4.86. The highest BCUT2D eigenvalue weighted by molar-refractivity contribution is 5.74. The van der Waals surface area contributed by atoms with Crippen molar-refractivity contribution in [1.29, 1.82) is 0 Å². The van der Waals surface area contributed by atoms with Gasteiger partial charge >= 0.3 is 5.97 Å². The Morgan fingerprint density at radius 3 is 2.14 bits per heavy atom. The second-order valence-corrected chi connectivity index (χ2v) is 4.86. The molecule has 0 aliphatic rings. The van der Waals surface area contributed by atoms with Crippen molar-refractivity contribution in [2.75, 3.05) is 0 Å². The van der Waals surface area contributed by atoms with Crippen molar-refractivity contribution >= 4 is 5.97 Å². The molecular weight excluding hydrogens is 176 g/mol. The summed E-state index contributed by atoms with van der Waals surface area (Å²) in [4.78, 5) is 11.3. The summed E-state index contributed by atoms with van der Waals surface area (Å²) in [6.07, 6.45) is 2.85. The van der Waals surface area contributed by atoms with Crippen molar-refractivity contribution in [3.63, 3.8) is 0 Å². The molecule has 0 spiro atoms. The normalized spacial score (nSPS) is 17.9. The third-order valence-corrected chi connectivity index (χ3v) is 3.54. The van der Waals surface area contributed by atoms with Crippen molar-refractivity contribution in [3.05, 3.63) is 0 Å². The number of hydrogen-bond donors (Lipinski definition) is 1. The highest BCUT2D eigenvalue weighted by Gasteiger charge is 2.39. The third kappa shape index (κ3) is 3.00. The van der Waals surface area contributed by atoms with Crippen molar-refractivity contribution < 1.29 is 9.90 Å². The molecule has 2 nitrogen and oxygen atoms in total. The van der Waals surface area contributed by atoms with Crippen LogP contribution in [0.25, 0.3) is 0 Å². The van der Waals surface area contributed by atoms with Crippen molar-refractivity contribution in [2.24, 2.45) is 17.3 Å². The van der Waals surface area contributed by atoms with Gasteiger partial charge in [-0.3, -0.25) is 4.79 Å². The van der Waals surface area contributed by atoms with E-state index in [9.17, 15) is 9.90 Å². The van der Waals surface area contributed by atoms with Crippen LogP contribution in [-0.4, -0.2) is 11.1 Å². The number of carboxylic acid groups (broad SMARTS) is 1. The Labute approximate surface area is 87.7 Å². The van der Waals surface area contributed by atoms with Crippen LogP contribution in [0, 0.1) is 17.3 Å². The lowest BCUT2D eigenvalue weighted by Gasteiger charge is -2.34. The first-order valence-corrected chi connectivity index (χ1v) is 5.59. The first-order valence-electron chi connectivity index (χ1n) is 5.59. The molecule has 14 heavy (non-hydrogen) atoms. The van der Waals surface area contributed by atoms with Gasteiger partial charge in [-0.05, 0) is 25.2 Å². The summed E-state index contributed by atoms with van der Waals surface area (Å²) in [7, 11) is 0. The molecule has 0 saturated carbocycles. The smallest absolute Gasteiger partial charge is 0.309 e. The lowest BCUT2D eigenvalue weighted by Crippen LogP contribution is -2.37. The van der Waals surface area contributed by atoms with Gasteiger partial charge in [0, 0.05) is 0 Å². The zero-order valence-electron chi connectivity index (χ0n) is 10.1. The second kappa shape index (κ2) is 5.38. The monoisotopic (exact) mass is 200 g/mol. The zero-order chi connectivity index (χ0) is 11.4. The summed E-state index contributed by atoms with van der Waals surface area (Å²) in [5, 5.41) is 9.28. The molecule has 0 aliphatic carbocycles. The van der Waals surface area contributed by atoms with Gasteiger partial charge in [-0.25, -0.2) is 0 Å². The van der Waals surface area contributed by atoms with Crippen molar-refractivity contribution in [1.82, 2.24) is 0 Å². The fourth-order valence-electron chi connectivity index (χ4n) is 1.81. The molecule has 2 unspecified atom stereocenters. The van der Waals surface area contributed by atoms with E-state index >= 15 is 0 Å². The number of hydrogen-bond acceptors (Lipinski definition) is 1.